The molecule has 2 atom stereocenters. The minimum Gasteiger partial charge on any atom is -0.368 e. The van der Waals surface area contributed by atoms with Gasteiger partial charge in [-0.25, -0.2) is 0 Å². The molecule has 0 aliphatic carbocycles. The predicted octanol–water partition coefficient (Wildman–Crippen LogP) is 4.99. The van der Waals surface area contributed by atoms with E-state index >= 15 is 0 Å². The lowest BCUT2D eigenvalue weighted by molar-refractivity contribution is -0.131. The van der Waals surface area contributed by atoms with Gasteiger partial charge in [-0.1, -0.05) is 97.8 Å². The minimum atomic E-state index is -0.750. The number of hydrogen-bond acceptors (Lipinski definition) is 3. The first kappa shape index (κ1) is 29.4. The SMILES string of the molecule is CCCCCCCCCCCCCCCC(=O)N[C@@H](CC(C)C)C(=O)N[C@@H](C)C(N)=O. The number of amides is 3. The molecule has 31 heavy (non-hydrogen) atoms. The summed E-state index contributed by atoms with van der Waals surface area (Å²) >= 11 is 0. The molecule has 0 bridgehead atoms. The van der Waals surface area contributed by atoms with Crippen LogP contribution in [0.4, 0.5) is 0 Å². The molecule has 6 heteroatoms. The third-order valence-corrected chi connectivity index (χ3v) is 5.65. The number of nitrogens with one attached hydrogen (secondary N) is 2. The van der Waals surface area contributed by atoms with Crippen LogP contribution in [0.3, 0.4) is 0 Å². The largest absolute Gasteiger partial charge is 0.368 e. The second kappa shape index (κ2) is 19.1. The van der Waals surface area contributed by atoms with Gasteiger partial charge in [-0.15, -0.1) is 0 Å². The van der Waals surface area contributed by atoms with E-state index < -0.39 is 18.0 Å². The summed E-state index contributed by atoms with van der Waals surface area (Å²) in [5.74, 6) is -0.791. The van der Waals surface area contributed by atoms with E-state index in [1.54, 1.807) is 6.92 Å². The molecule has 0 unspecified atom stereocenters. The van der Waals surface area contributed by atoms with E-state index in [0.29, 0.717) is 12.8 Å². The molecule has 0 spiro atoms. The Morgan fingerprint density at radius 2 is 1.16 bits per heavy atom. The predicted molar refractivity (Wildman–Crippen MR) is 128 cm³/mol. The van der Waals surface area contributed by atoms with Crippen molar-refractivity contribution in [1.29, 1.82) is 0 Å². The van der Waals surface area contributed by atoms with E-state index in [2.05, 4.69) is 17.6 Å². The zero-order valence-corrected chi connectivity index (χ0v) is 20.6. The summed E-state index contributed by atoms with van der Waals surface area (Å²) < 4.78 is 0. The van der Waals surface area contributed by atoms with Crippen molar-refractivity contribution >= 4 is 17.7 Å². The van der Waals surface area contributed by atoms with Crippen molar-refractivity contribution in [2.24, 2.45) is 11.7 Å². The zero-order valence-electron chi connectivity index (χ0n) is 20.6. The van der Waals surface area contributed by atoms with Crippen molar-refractivity contribution < 1.29 is 14.4 Å². The quantitative estimate of drug-likeness (QED) is 0.233. The second-order valence-electron chi connectivity index (χ2n) is 9.37. The van der Waals surface area contributed by atoms with E-state index in [4.69, 9.17) is 5.73 Å². The van der Waals surface area contributed by atoms with E-state index in [9.17, 15) is 14.4 Å². The highest BCUT2D eigenvalue weighted by atomic mass is 16.2. The number of hydrogen-bond donors (Lipinski definition) is 3. The summed E-state index contributed by atoms with van der Waals surface area (Å²) in [6.45, 7) is 7.79. The van der Waals surface area contributed by atoms with Gasteiger partial charge in [0.15, 0.2) is 0 Å². The van der Waals surface area contributed by atoms with Crippen molar-refractivity contribution in [3.8, 4) is 0 Å². The van der Waals surface area contributed by atoms with Gasteiger partial charge in [-0.3, -0.25) is 14.4 Å². The molecule has 0 fully saturated rings. The average molecular weight is 440 g/mol. The van der Waals surface area contributed by atoms with Gasteiger partial charge >= 0.3 is 0 Å². The van der Waals surface area contributed by atoms with Crippen molar-refractivity contribution in [3.63, 3.8) is 0 Å². The molecule has 0 aromatic carbocycles. The molecule has 0 aliphatic rings. The fraction of sp³-hybridized carbons (Fsp3) is 0.880. The summed E-state index contributed by atoms with van der Waals surface area (Å²) in [5, 5.41) is 5.41. The fourth-order valence-corrected chi connectivity index (χ4v) is 3.66. The van der Waals surface area contributed by atoms with Crippen LogP contribution in [0.25, 0.3) is 0 Å². The number of carbonyl (C=O) groups excluding carboxylic acids is 3. The number of nitrogens with two attached hydrogens (primary N) is 1. The van der Waals surface area contributed by atoms with Crippen LogP contribution in [-0.2, 0) is 14.4 Å². The maximum absolute atomic E-state index is 12.4. The van der Waals surface area contributed by atoms with Crippen LogP contribution in [0.5, 0.6) is 0 Å². The summed E-state index contributed by atoms with van der Waals surface area (Å²) in [4.78, 5) is 35.8. The number of carbonyl (C=O) groups is 3. The first-order chi connectivity index (χ1) is 14.8. The molecule has 182 valence electrons. The third kappa shape index (κ3) is 17.8. The summed E-state index contributed by atoms with van der Waals surface area (Å²) in [7, 11) is 0. The van der Waals surface area contributed by atoms with Gasteiger partial charge in [-0.05, 0) is 25.7 Å². The maximum Gasteiger partial charge on any atom is 0.243 e. The van der Waals surface area contributed by atoms with Crippen LogP contribution in [0.1, 0.15) is 124 Å². The van der Waals surface area contributed by atoms with Crippen molar-refractivity contribution in [2.75, 3.05) is 0 Å². The zero-order chi connectivity index (χ0) is 23.5. The molecule has 0 radical (unpaired) electrons. The highest BCUT2D eigenvalue weighted by molar-refractivity contribution is 5.91. The highest BCUT2D eigenvalue weighted by Crippen LogP contribution is 2.13. The van der Waals surface area contributed by atoms with Gasteiger partial charge in [0.2, 0.25) is 17.7 Å². The van der Waals surface area contributed by atoms with Crippen LogP contribution >= 0.6 is 0 Å². The Bertz CT molecular complexity index is 494. The maximum atomic E-state index is 12.4. The molecule has 0 aromatic rings. The Labute approximate surface area is 190 Å². The standard InChI is InChI=1S/C25H49N3O3/c1-5-6-7-8-9-10-11-12-13-14-15-16-17-18-23(29)28-22(19-20(2)3)25(31)27-21(4)24(26)30/h20-22H,5-19H2,1-4H3,(H2,26,30)(H,27,31)(H,28,29)/t21-,22-/m0/s1. The smallest absolute Gasteiger partial charge is 0.243 e. The number of unbranched alkanes of at least 4 members (excludes halogenated alkanes) is 12. The van der Waals surface area contributed by atoms with Gasteiger partial charge in [0.1, 0.15) is 12.1 Å². The molecular formula is C25H49N3O3. The monoisotopic (exact) mass is 439 g/mol. The number of primary amides is 1. The van der Waals surface area contributed by atoms with Gasteiger partial charge < -0.3 is 16.4 Å². The Morgan fingerprint density at radius 3 is 1.58 bits per heavy atom. The van der Waals surface area contributed by atoms with Crippen LogP contribution < -0.4 is 16.4 Å². The summed E-state index contributed by atoms with van der Waals surface area (Å²) in [6, 6.07) is -1.38. The highest BCUT2D eigenvalue weighted by Gasteiger charge is 2.24. The van der Waals surface area contributed by atoms with E-state index in [1.165, 1.54) is 64.2 Å². The van der Waals surface area contributed by atoms with Crippen molar-refractivity contribution in [1.82, 2.24) is 10.6 Å². The normalized spacial score (nSPS) is 13.1. The molecule has 6 nitrogen and oxygen atoms in total. The average Bonchev–Trinajstić information content (AvgIpc) is 2.70. The van der Waals surface area contributed by atoms with Crippen molar-refractivity contribution in [2.45, 2.75) is 136 Å². The van der Waals surface area contributed by atoms with E-state index in [-0.39, 0.29) is 17.7 Å². The topological polar surface area (TPSA) is 101 Å². The van der Waals surface area contributed by atoms with Crippen molar-refractivity contribution in [3.05, 3.63) is 0 Å². The molecule has 0 rings (SSSR count). The molecule has 0 saturated heterocycles. The Kier molecular flexibility index (Phi) is 18.1. The molecular weight excluding hydrogens is 390 g/mol. The van der Waals surface area contributed by atoms with E-state index in [0.717, 1.165) is 19.3 Å². The van der Waals surface area contributed by atoms with Gasteiger partial charge in [-0.2, -0.15) is 0 Å². The third-order valence-electron chi connectivity index (χ3n) is 5.65. The first-order valence-corrected chi connectivity index (χ1v) is 12.7. The fourth-order valence-electron chi connectivity index (χ4n) is 3.66. The lowest BCUT2D eigenvalue weighted by Crippen LogP contribution is -2.52. The first-order valence-electron chi connectivity index (χ1n) is 12.7. The molecule has 0 aliphatic heterocycles. The molecule has 0 saturated carbocycles. The lowest BCUT2D eigenvalue weighted by Gasteiger charge is -2.21. The minimum absolute atomic E-state index is 0.101. The second-order valence-corrected chi connectivity index (χ2v) is 9.37. The van der Waals surface area contributed by atoms with E-state index in [1.807, 2.05) is 13.8 Å². The van der Waals surface area contributed by atoms with Gasteiger partial charge in [0, 0.05) is 6.42 Å². The Hall–Kier alpha value is -1.59. The summed E-state index contributed by atoms with van der Waals surface area (Å²) in [5.41, 5.74) is 5.21. The lowest BCUT2D eigenvalue weighted by atomic mass is 10.0. The van der Waals surface area contributed by atoms with Gasteiger partial charge in [0.05, 0.1) is 0 Å². The molecule has 4 N–H and O–H groups in total. The molecule has 3 amide bonds. The Balaban J connectivity index is 3.88. The van der Waals surface area contributed by atoms with Crippen LogP contribution in [0.2, 0.25) is 0 Å². The van der Waals surface area contributed by atoms with Crippen LogP contribution in [0, 0.1) is 5.92 Å². The van der Waals surface area contributed by atoms with Crippen LogP contribution in [-0.4, -0.2) is 29.8 Å². The number of rotatable bonds is 20. The molecule has 0 heterocycles. The molecule has 0 aromatic heterocycles. The Morgan fingerprint density at radius 1 is 0.710 bits per heavy atom. The summed E-state index contributed by atoms with van der Waals surface area (Å²) in [6.07, 6.45) is 17.4. The van der Waals surface area contributed by atoms with Crippen LogP contribution in [0.15, 0.2) is 0 Å². The van der Waals surface area contributed by atoms with Gasteiger partial charge in [0.25, 0.3) is 0 Å².